The summed E-state index contributed by atoms with van der Waals surface area (Å²) >= 11 is 0. The van der Waals surface area contributed by atoms with Crippen LogP contribution in [0.5, 0.6) is 0 Å². The maximum absolute atomic E-state index is 11.7. The zero-order chi connectivity index (χ0) is 10.9. The van der Waals surface area contributed by atoms with E-state index in [0.29, 0.717) is 5.44 Å². The normalized spacial score (nSPS) is 19.3. The van der Waals surface area contributed by atoms with E-state index in [-0.39, 0.29) is 6.16 Å². The molecule has 0 amide bonds. The molecule has 0 bridgehead atoms. The molecule has 1 aliphatic rings. The number of rotatable bonds is 2. The third-order valence-electron chi connectivity index (χ3n) is 2.69. The van der Waals surface area contributed by atoms with E-state index in [2.05, 4.69) is 10.3 Å². The van der Waals surface area contributed by atoms with Crippen molar-refractivity contribution in [2.75, 3.05) is 12.7 Å². The Labute approximate surface area is 89.2 Å². The van der Waals surface area contributed by atoms with E-state index >= 15 is 0 Å². The zero-order valence-electron chi connectivity index (χ0n) is 8.73. The highest BCUT2D eigenvalue weighted by atomic mass is 31.2. The van der Waals surface area contributed by atoms with Crippen LogP contribution in [0.2, 0.25) is 0 Å². The Hall–Kier alpha value is -0.700. The van der Waals surface area contributed by atoms with E-state index in [1.165, 1.54) is 0 Å². The first-order valence-electron chi connectivity index (χ1n) is 5.15. The number of hydrogen-bond acceptors (Lipinski definition) is 3. The molecule has 2 heterocycles. The highest BCUT2D eigenvalue weighted by molar-refractivity contribution is 7.65. The predicted octanol–water partition coefficient (Wildman–Crippen LogP) is 0.643. The third kappa shape index (κ3) is 2.12. The largest absolute Gasteiger partial charge is 0.340 e. The van der Waals surface area contributed by atoms with Crippen molar-refractivity contribution in [3.63, 3.8) is 0 Å². The van der Waals surface area contributed by atoms with Crippen molar-refractivity contribution in [1.29, 1.82) is 0 Å². The lowest BCUT2D eigenvalue weighted by Gasteiger charge is -2.18. The van der Waals surface area contributed by atoms with Gasteiger partial charge in [-0.05, 0) is 11.6 Å². The molecule has 5 heteroatoms. The lowest BCUT2D eigenvalue weighted by Crippen LogP contribution is -2.27. The second-order valence-corrected chi connectivity index (χ2v) is 6.21. The van der Waals surface area contributed by atoms with Gasteiger partial charge in [-0.15, -0.1) is 0 Å². The minimum Gasteiger partial charge on any atom is -0.340 e. The van der Waals surface area contributed by atoms with Gasteiger partial charge in [-0.1, -0.05) is 13.0 Å². The molecule has 0 radical (unpaired) electrons. The van der Waals surface area contributed by atoms with E-state index < -0.39 is 7.37 Å². The topological polar surface area (TPSA) is 62.2 Å². The molecule has 2 rings (SSSR count). The van der Waals surface area contributed by atoms with E-state index in [0.717, 1.165) is 30.8 Å². The van der Waals surface area contributed by atoms with Gasteiger partial charge in [-0.3, -0.25) is 4.57 Å². The van der Waals surface area contributed by atoms with Gasteiger partial charge in [0.2, 0.25) is 7.37 Å². The molecule has 0 spiro atoms. The molecule has 0 saturated carbocycles. The zero-order valence-corrected chi connectivity index (χ0v) is 9.63. The number of aromatic nitrogens is 1. The minimum absolute atomic E-state index is 0.247. The Kier molecular flexibility index (Phi) is 2.91. The molecule has 1 atom stereocenters. The molecule has 2 N–H and O–H groups in total. The summed E-state index contributed by atoms with van der Waals surface area (Å²) in [6.07, 6.45) is 1.09. The number of nitrogens with one attached hydrogen (secondary N) is 1. The molecule has 4 nitrogen and oxygen atoms in total. The summed E-state index contributed by atoms with van der Waals surface area (Å²) in [5.41, 5.74) is 2.46. The molecule has 0 aromatic carbocycles. The summed E-state index contributed by atoms with van der Waals surface area (Å²) in [4.78, 5) is 14.0. The Morgan fingerprint density at radius 3 is 3.13 bits per heavy atom. The minimum atomic E-state index is -3.20. The van der Waals surface area contributed by atoms with Crippen LogP contribution < -0.4 is 10.8 Å². The SMILES string of the molecule is CCP(=O)(O)c1ccc2c(n1)CCNC2. The average molecular weight is 226 g/mol. The molecule has 1 aliphatic heterocycles. The van der Waals surface area contributed by atoms with Crippen LogP contribution in [0.25, 0.3) is 0 Å². The summed E-state index contributed by atoms with van der Waals surface area (Å²) in [6.45, 7) is 3.42. The second-order valence-electron chi connectivity index (χ2n) is 3.72. The Morgan fingerprint density at radius 2 is 2.40 bits per heavy atom. The van der Waals surface area contributed by atoms with Crippen LogP contribution in [0.1, 0.15) is 18.2 Å². The van der Waals surface area contributed by atoms with E-state index in [4.69, 9.17) is 0 Å². The van der Waals surface area contributed by atoms with Crippen LogP contribution in [0.4, 0.5) is 0 Å². The lowest BCUT2D eigenvalue weighted by molar-refractivity contribution is 0.490. The fraction of sp³-hybridized carbons (Fsp3) is 0.500. The van der Waals surface area contributed by atoms with E-state index in [1.54, 1.807) is 13.0 Å². The summed E-state index contributed by atoms with van der Waals surface area (Å²) in [7, 11) is -3.20. The lowest BCUT2D eigenvalue weighted by atomic mass is 10.1. The quantitative estimate of drug-likeness (QED) is 0.726. The van der Waals surface area contributed by atoms with Gasteiger partial charge in [-0.25, -0.2) is 4.98 Å². The summed E-state index contributed by atoms with van der Waals surface area (Å²) in [6, 6.07) is 3.58. The van der Waals surface area contributed by atoms with Gasteiger partial charge < -0.3 is 10.2 Å². The predicted molar refractivity (Wildman–Crippen MR) is 59.6 cm³/mol. The number of pyridine rings is 1. The standard InChI is InChI=1S/C10H15N2O2P/c1-2-15(13,14)10-4-3-8-7-11-6-5-9(8)12-10/h3-4,11H,2,5-7H2,1H3,(H,13,14). The van der Waals surface area contributed by atoms with Crippen molar-refractivity contribution in [1.82, 2.24) is 10.3 Å². The van der Waals surface area contributed by atoms with Crippen LogP contribution in [-0.4, -0.2) is 22.6 Å². The second kappa shape index (κ2) is 4.05. The Morgan fingerprint density at radius 1 is 1.60 bits per heavy atom. The van der Waals surface area contributed by atoms with Gasteiger partial charge >= 0.3 is 0 Å². The molecule has 0 fully saturated rings. The summed E-state index contributed by atoms with van der Waals surface area (Å²) in [5, 5.41) is 3.24. The summed E-state index contributed by atoms with van der Waals surface area (Å²) < 4.78 is 11.7. The maximum Gasteiger partial charge on any atom is 0.247 e. The van der Waals surface area contributed by atoms with Crippen molar-refractivity contribution >= 4 is 12.8 Å². The first kappa shape index (κ1) is 10.8. The van der Waals surface area contributed by atoms with E-state index in [1.807, 2.05) is 6.07 Å². The number of nitrogens with zero attached hydrogens (tertiary/aromatic N) is 1. The van der Waals surface area contributed by atoms with Crippen LogP contribution >= 0.6 is 7.37 Å². The molecular weight excluding hydrogens is 211 g/mol. The first-order valence-corrected chi connectivity index (χ1v) is 7.00. The van der Waals surface area contributed by atoms with Crippen molar-refractivity contribution in [3.8, 4) is 0 Å². The highest BCUT2D eigenvalue weighted by Crippen LogP contribution is 2.37. The van der Waals surface area contributed by atoms with Crippen molar-refractivity contribution < 1.29 is 9.46 Å². The fourth-order valence-electron chi connectivity index (χ4n) is 1.68. The van der Waals surface area contributed by atoms with Crippen LogP contribution in [0, 0.1) is 0 Å². The molecule has 15 heavy (non-hydrogen) atoms. The van der Waals surface area contributed by atoms with Gasteiger partial charge in [0.25, 0.3) is 0 Å². The highest BCUT2D eigenvalue weighted by Gasteiger charge is 2.22. The first-order chi connectivity index (χ1) is 7.13. The van der Waals surface area contributed by atoms with E-state index in [9.17, 15) is 9.46 Å². The Balaban J connectivity index is 2.40. The number of fused-ring (bicyclic) bond motifs is 1. The molecule has 1 unspecified atom stereocenters. The van der Waals surface area contributed by atoms with Crippen LogP contribution in [0.3, 0.4) is 0 Å². The fourth-order valence-corrected chi connectivity index (χ4v) is 2.59. The molecule has 0 saturated heterocycles. The van der Waals surface area contributed by atoms with Crippen molar-refractivity contribution in [3.05, 3.63) is 23.4 Å². The molecular formula is C10H15N2O2P. The maximum atomic E-state index is 11.7. The van der Waals surface area contributed by atoms with Crippen molar-refractivity contribution in [2.24, 2.45) is 0 Å². The smallest absolute Gasteiger partial charge is 0.247 e. The van der Waals surface area contributed by atoms with Gasteiger partial charge in [0.15, 0.2) is 0 Å². The average Bonchev–Trinajstić information content (AvgIpc) is 2.28. The monoisotopic (exact) mass is 226 g/mol. The summed E-state index contributed by atoms with van der Waals surface area (Å²) in [5.74, 6) is 0. The van der Waals surface area contributed by atoms with Gasteiger partial charge in [-0.2, -0.15) is 0 Å². The van der Waals surface area contributed by atoms with Gasteiger partial charge in [0, 0.05) is 31.4 Å². The molecule has 0 aliphatic carbocycles. The van der Waals surface area contributed by atoms with Gasteiger partial charge in [0.05, 0.1) is 0 Å². The van der Waals surface area contributed by atoms with Gasteiger partial charge in [0.1, 0.15) is 5.44 Å². The van der Waals surface area contributed by atoms with Crippen LogP contribution in [0.15, 0.2) is 12.1 Å². The van der Waals surface area contributed by atoms with Crippen LogP contribution in [-0.2, 0) is 17.5 Å². The molecule has 82 valence electrons. The Bertz CT molecular complexity index is 420. The molecule has 1 aromatic heterocycles. The molecule has 1 aromatic rings. The number of hydrogen-bond donors (Lipinski definition) is 2. The third-order valence-corrected chi connectivity index (χ3v) is 4.52. The van der Waals surface area contributed by atoms with Crippen molar-refractivity contribution in [2.45, 2.75) is 19.9 Å².